The highest BCUT2D eigenvalue weighted by molar-refractivity contribution is 6.33. The summed E-state index contributed by atoms with van der Waals surface area (Å²) in [4.78, 5) is 23.0. The molecule has 0 spiro atoms. The number of anilines is 1. The molecule has 0 aromatic carbocycles. The Kier molecular flexibility index (Phi) is 4.95. The van der Waals surface area contributed by atoms with Crippen molar-refractivity contribution in [3.8, 4) is 0 Å². The van der Waals surface area contributed by atoms with E-state index in [4.69, 9.17) is 11.6 Å². The Labute approximate surface area is 122 Å². The van der Waals surface area contributed by atoms with Crippen molar-refractivity contribution in [1.29, 1.82) is 0 Å². The van der Waals surface area contributed by atoms with E-state index in [0.717, 1.165) is 18.7 Å². The Morgan fingerprint density at radius 3 is 3.00 bits per heavy atom. The first-order chi connectivity index (χ1) is 9.70. The van der Waals surface area contributed by atoms with Gasteiger partial charge in [0.1, 0.15) is 5.82 Å². The predicted octanol–water partition coefficient (Wildman–Crippen LogP) is 2.21. The first-order valence-corrected chi connectivity index (χ1v) is 6.73. The Morgan fingerprint density at radius 1 is 1.45 bits per heavy atom. The van der Waals surface area contributed by atoms with Gasteiger partial charge in [-0.15, -0.1) is 0 Å². The van der Waals surface area contributed by atoms with Crippen molar-refractivity contribution in [2.45, 2.75) is 19.9 Å². The standard InChI is InChI=1S/C13H16ClN5O/c1-2-3-16-12-4-10(11(14)7-17-12)13(20)18-6-9-5-15-8-19-9/h4-5,7-8H,2-3,6H2,1H3,(H,15,19)(H,16,17)(H,18,20). The van der Waals surface area contributed by atoms with Crippen LogP contribution in [0.25, 0.3) is 0 Å². The van der Waals surface area contributed by atoms with Crippen LogP contribution in [0.15, 0.2) is 24.8 Å². The lowest BCUT2D eigenvalue weighted by Crippen LogP contribution is -2.23. The van der Waals surface area contributed by atoms with Gasteiger partial charge >= 0.3 is 0 Å². The number of carbonyl (C=O) groups is 1. The summed E-state index contributed by atoms with van der Waals surface area (Å²) >= 11 is 6.01. The number of imidazole rings is 1. The summed E-state index contributed by atoms with van der Waals surface area (Å²) in [5.74, 6) is 0.398. The Bertz CT molecular complexity index is 570. The molecule has 0 unspecified atom stereocenters. The summed E-state index contributed by atoms with van der Waals surface area (Å²) in [6.45, 7) is 3.22. The van der Waals surface area contributed by atoms with E-state index >= 15 is 0 Å². The molecule has 6 nitrogen and oxygen atoms in total. The highest BCUT2D eigenvalue weighted by Crippen LogP contribution is 2.18. The molecular formula is C13H16ClN5O. The molecule has 2 aromatic rings. The summed E-state index contributed by atoms with van der Waals surface area (Å²) in [6, 6.07) is 1.65. The predicted molar refractivity (Wildman–Crippen MR) is 77.8 cm³/mol. The molecule has 20 heavy (non-hydrogen) atoms. The maximum absolute atomic E-state index is 12.1. The van der Waals surface area contributed by atoms with Crippen molar-refractivity contribution in [1.82, 2.24) is 20.3 Å². The largest absolute Gasteiger partial charge is 0.370 e. The van der Waals surface area contributed by atoms with Crippen LogP contribution in [0.3, 0.4) is 0 Å². The molecule has 1 amide bonds. The summed E-state index contributed by atoms with van der Waals surface area (Å²) in [5, 5.41) is 6.22. The van der Waals surface area contributed by atoms with E-state index in [-0.39, 0.29) is 5.91 Å². The van der Waals surface area contributed by atoms with Gasteiger partial charge in [0.25, 0.3) is 5.91 Å². The lowest BCUT2D eigenvalue weighted by molar-refractivity contribution is 0.0950. The maximum atomic E-state index is 12.1. The molecular weight excluding hydrogens is 278 g/mol. The van der Waals surface area contributed by atoms with E-state index in [1.807, 2.05) is 0 Å². The third-order valence-corrected chi connectivity index (χ3v) is 2.95. The minimum absolute atomic E-state index is 0.244. The molecule has 0 atom stereocenters. The Balaban J connectivity index is 2.04. The van der Waals surface area contributed by atoms with Crippen LogP contribution in [0.1, 0.15) is 29.4 Å². The second kappa shape index (κ2) is 6.91. The number of aromatic amines is 1. The third-order valence-electron chi connectivity index (χ3n) is 2.65. The summed E-state index contributed by atoms with van der Waals surface area (Å²) < 4.78 is 0. The molecule has 0 aliphatic rings. The number of hydrogen-bond acceptors (Lipinski definition) is 4. The van der Waals surface area contributed by atoms with Crippen LogP contribution in [0.4, 0.5) is 5.82 Å². The van der Waals surface area contributed by atoms with E-state index in [2.05, 4.69) is 32.5 Å². The number of amides is 1. The second-order valence-electron chi connectivity index (χ2n) is 4.24. The normalized spacial score (nSPS) is 10.3. The number of rotatable bonds is 6. The summed E-state index contributed by atoms with van der Waals surface area (Å²) in [5.41, 5.74) is 1.23. The number of nitrogens with one attached hydrogen (secondary N) is 3. The molecule has 3 N–H and O–H groups in total. The quantitative estimate of drug-likeness (QED) is 0.762. The van der Waals surface area contributed by atoms with Gasteiger partial charge in [-0.05, 0) is 12.5 Å². The smallest absolute Gasteiger partial charge is 0.253 e. The number of nitrogens with zero attached hydrogens (tertiary/aromatic N) is 2. The fraction of sp³-hybridized carbons (Fsp3) is 0.308. The monoisotopic (exact) mass is 293 g/mol. The molecule has 0 radical (unpaired) electrons. The zero-order valence-corrected chi connectivity index (χ0v) is 11.9. The van der Waals surface area contributed by atoms with Crippen LogP contribution in [0.2, 0.25) is 5.02 Å². The number of hydrogen-bond donors (Lipinski definition) is 3. The van der Waals surface area contributed by atoms with Crippen LogP contribution in [-0.2, 0) is 6.54 Å². The second-order valence-corrected chi connectivity index (χ2v) is 4.64. The first kappa shape index (κ1) is 14.3. The summed E-state index contributed by atoms with van der Waals surface area (Å²) in [7, 11) is 0. The highest BCUT2D eigenvalue weighted by Gasteiger charge is 2.12. The van der Waals surface area contributed by atoms with E-state index in [1.54, 1.807) is 18.6 Å². The van der Waals surface area contributed by atoms with Crippen molar-refractivity contribution < 1.29 is 4.79 Å². The van der Waals surface area contributed by atoms with Crippen molar-refractivity contribution in [3.63, 3.8) is 0 Å². The van der Waals surface area contributed by atoms with Crippen molar-refractivity contribution in [2.24, 2.45) is 0 Å². The van der Waals surface area contributed by atoms with E-state index < -0.39 is 0 Å². The fourth-order valence-corrected chi connectivity index (χ4v) is 1.80. The molecule has 7 heteroatoms. The van der Waals surface area contributed by atoms with Gasteiger partial charge in [-0.1, -0.05) is 18.5 Å². The molecule has 2 aromatic heterocycles. The minimum atomic E-state index is -0.244. The van der Waals surface area contributed by atoms with Crippen molar-refractivity contribution >= 4 is 23.3 Å². The molecule has 0 aliphatic carbocycles. The van der Waals surface area contributed by atoms with Crippen LogP contribution >= 0.6 is 11.6 Å². The van der Waals surface area contributed by atoms with Crippen LogP contribution < -0.4 is 10.6 Å². The minimum Gasteiger partial charge on any atom is -0.370 e. The number of H-pyrrole nitrogens is 1. The summed E-state index contributed by atoms with van der Waals surface area (Å²) in [6.07, 6.45) is 5.67. The van der Waals surface area contributed by atoms with Gasteiger partial charge in [-0.3, -0.25) is 4.79 Å². The van der Waals surface area contributed by atoms with E-state index in [1.165, 1.54) is 6.20 Å². The van der Waals surface area contributed by atoms with Gasteiger partial charge in [-0.2, -0.15) is 0 Å². The average Bonchev–Trinajstić information content (AvgIpc) is 2.97. The zero-order valence-electron chi connectivity index (χ0n) is 11.1. The molecule has 2 heterocycles. The average molecular weight is 294 g/mol. The lowest BCUT2D eigenvalue weighted by atomic mass is 10.2. The maximum Gasteiger partial charge on any atom is 0.253 e. The van der Waals surface area contributed by atoms with Crippen LogP contribution in [0.5, 0.6) is 0 Å². The zero-order chi connectivity index (χ0) is 14.4. The number of halogens is 1. The first-order valence-electron chi connectivity index (χ1n) is 6.35. The third kappa shape index (κ3) is 3.71. The number of carbonyl (C=O) groups excluding carboxylic acids is 1. The SMILES string of the molecule is CCCNc1cc(C(=O)NCc2cnc[nH]2)c(Cl)cn1. The molecule has 0 aliphatic heterocycles. The lowest BCUT2D eigenvalue weighted by Gasteiger charge is -2.08. The molecule has 0 saturated heterocycles. The van der Waals surface area contributed by atoms with Gasteiger partial charge in [0.2, 0.25) is 0 Å². The van der Waals surface area contributed by atoms with Crippen molar-refractivity contribution in [3.05, 3.63) is 41.1 Å². The van der Waals surface area contributed by atoms with Crippen LogP contribution in [-0.4, -0.2) is 27.4 Å². The number of pyridine rings is 1. The van der Waals surface area contributed by atoms with Crippen LogP contribution in [0, 0.1) is 0 Å². The Morgan fingerprint density at radius 2 is 2.30 bits per heavy atom. The number of aromatic nitrogens is 3. The van der Waals surface area contributed by atoms with Gasteiger partial charge in [-0.25, -0.2) is 9.97 Å². The van der Waals surface area contributed by atoms with Gasteiger partial charge in [0.15, 0.2) is 0 Å². The molecule has 2 rings (SSSR count). The molecule has 0 saturated carbocycles. The topological polar surface area (TPSA) is 82.7 Å². The Hall–Kier alpha value is -2.08. The molecule has 0 bridgehead atoms. The van der Waals surface area contributed by atoms with Gasteiger partial charge in [0.05, 0.1) is 29.2 Å². The molecule has 106 valence electrons. The van der Waals surface area contributed by atoms with Gasteiger partial charge < -0.3 is 15.6 Å². The fourth-order valence-electron chi connectivity index (χ4n) is 1.61. The van der Waals surface area contributed by atoms with Gasteiger partial charge in [0, 0.05) is 18.9 Å². The highest BCUT2D eigenvalue weighted by atomic mass is 35.5. The van der Waals surface area contributed by atoms with E-state index in [9.17, 15) is 4.79 Å². The van der Waals surface area contributed by atoms with E-state index in [0.29, 0.717) is 22.9 Å². The molecule has 0 fully saturated rings. The van der Waals surface area contributed by atoms with Crippen molar-refractivity contribution in [2.75, 3.05) is 11.9 Å².